The minimum atomic E-state index is -0.774. The lowest BCUT2D eigenvalue weighted by Crippen LogP contribution is -2.50. The molecule has 1 aromatic rings. The van der Waals surface area contributed by atoms with E-state index in [1.807, 2.05) is 20.8 Å². The molecular weight excluding hydrogens is 337 g/mol. The summed E-state index contributed by atoms with van der Waals surface area (Å²) in [6, 6.07) is 5.18. The molecule has 1 aliphatic rings. The molecular formula is C17H21Cl2NO3. The number of carbonyl (C=O) groups is 2. The SMILES string of the molecule is CC(C)(C)OC(=O)N1CCCC(C=O)(c2ccc(Cl)c(Cl)c2)C1. The number of likely N-dealkylation sites (tertiary alicyclic amines) is 1. The number of carbonyl (C=O) groups excluding carboxylic acids is 2. The van der Waals surface area contributed by atoms with Gasteiger partial charge in [-0.05, 0) is 51.3 Å². The van der Waals surface area contributed by atoms with Gasteiger partial charge in [0.15, 0.2) is 0 Å². The van der Waals surface area contributed by atoms with Crippen LogP contribution in [0.4, 0.5) is 4.79 Å². The Morgan fingerprint density at radius 3 is 2.57 bits per heavy atom. The predicted octanol–water partition coefficient (Wildman–Crippen LogP) is 4.46. The summed E-state index contributed by atoms with van der Waals surface area (Å²) in [5, 5.41) is 0.844. The van der Waals surface area contributed by atoms with Gasteiger partial charge in [-0.3, -0.25) is 0 Å². The summed E-state index contributed by atoms with van der Waals surface area (Å²) in [4.78, 5) is 25.8. The predicted molar refractivity (Wildman–Crippen MR) is 91.2 cm³/mol. The van der Waals surface area contributed by atoms with Crippen LogP contribution in [0.15, 0.2) is 18.2 Å². The number of rotatable bonds is 2. The maximum atomic E-state index is 12.3. The second kappa shape index (κ2) is 6.70. The normalized spacial score (nSPS) is 21.9. The molecule has 126 valence electrons. The van der Waals surface area contributed by atoms with E-state index in [0.29, 0.717) is 23.0 Å². The van der Waals surface area contributed by atoms with Crippen molar-refractivity contribution in [3.05, 3.63) is 33.8 Å². The zero-order valence-electron chi connectivity index (χ0n) is 13.6. The number of amides is 1. The Balaban J connectivity index is 2.26. The maximum Gasteiger partial charge on any atom is 0.410 e. The summed E-state index contributed by atoms with van der Waals surface area (Å²) in [6.45, 7) is 6.32. The first-order valence-corrected chi connectivity index (χ1v) is 8.32. The lowest BCUT2D eigenvalue weighted by atomic mass is 9.75. The van der Waals surface area contributed by atoms with Crippen molar-refractivity contribution < 1.29 is 14.3 Å². The quantitative estimate of drug-likeness (QED) is 0.734. The molecule has 1 unspecified atom stereocenters. The van der Waals surface area contributed by atoms with Gasteiger partial charge in [0.25, 0.3) is 0 Å². The van der Waals surface area contributed by atoms with E-state index in [9.17, 15) is 9.59 Å². The number of halogens is 2. The van der Waals surface area contributed by atoms with Crippen LogP contribution < -0.4 is 0 Å². The molecule has 1 fully saturated rings. The Kier molecular flexibility index (Phi) is 5.27. The van der Waals surface area contributed by atoms with Crippen molar-refractivity contribution in [3.63, 3.8) is 0 Å². The molecule has 1 amide bonds. The van der Waals surface area contributed by atoms with Crippen LogP contribution in [0.1, 0.15) is 39.2 Å². The molecule has 1 aliphatic heterocycles. The molecule has 6 heteroatoms. The fourth-order valence-corrected chi connectivity index (χ4v) is 3.07. The van der Waals surface area contributed by atoms with Crippen molar-refractivity contribution >= 4 is 35.6 Å². The van der Waals surface area contributed by atoms with Gasteiger partial charge >= 0.3 is 6.09 Å². The summed E-state index contributed by atoms with van der Waals surface area (Å²) < 4.78 is 5.42. The average Bonchev–Trinajstić information content (AvgIpc) is 2.48. The standard InChI is InChI=1S/C17H21Cl2NO3/c1-16(2,3)23-15(22)20-8-4-7-17(10-20,11-21)12-5-6-13(18)14(19)9-12/h5-6,9,11H,4,7-8,10H2,1-3H3. The van der Waals surface area contributed by atoms with E-state index in [-0.39, 0.29) is 6.54 Å². The minimum Gasteiger partial charge on any atom is -0.444 e. The van der Waals surface area contributed by atoms with Crippen molar-refractivity contribution in [2.24, 2.45) is 0 Å². The highest BCUT2D eigenvalue weighted by atomic mass is 35.5. The molecule has 1 heterocycles. The second-order valence-corrected chi connectivity index (χ2v) is 7.72. The molecule has 2 rings (SSSR count). The van der Waals surface area contributed by atoms with Crippen molar-refractivity contribution in [1.82, 2.24) is 4.90 Å². The molecule has 1 saturated heterocycles. The third-order valence-electron chi connectivity index (χ3n) is 3.90. The number of ether oxygens (including phenoxy) is 1. The van der Waals surface area contributed by atoms with Crippen LogP contribution >= 0.6 is 23.2 Å². The molecule has 1 atom stereocenters. The van der Waals surface area contributed by atoms with Crippen LogP contribution in [-0.4, -0.2) is 36.0 Å². The largest absolute Gasteiger partial charge is 0.444 e. The number of benzene rings is 1. The minimum absolute atomic E-state index is 0.281. The highest BCUT2D eigenvalue weighted by Gasteiger charge is 2.40. The molecule has 0 radical (unpaired) electrons. The van der Waals surface area contributed by atoms with Crippen molar-refractivity contribution in [1.29, 1.82) is 0 Å². The summed E-state index contributed by atoms with van der Waals surface area (Å²) in [6.07, 6.45) is 1.89. The van der Waals surface area contributed by atoms with Crippen LogP contribution in [0.25, 0.3) is 0 Å². The van der Waals surface area contributed by atoms with E-state index in [0.717, 1.165) is 18.3 Å². The molecule has 0 aliphatic carbocycles. The average molecular weight is 358 g/mol. The first-order valence-electron chi connectivity index (χ1n) is 7.57. The molecule has 1 aromatic carbocycles. The van der Waals surface area contributed by atoms with Gasteiger partial charge < -0.3 is 14.4 Å². The van der Waals surface area contributed by atoms with Gasteiger partial charge in [-0.15, -0.1) is 0 Å². The van der Waals surface area contributed by atoms with E-state index in [1.165, 1.54) is 0 Å². The fraction of sp³-hybridized carbons (Fsp3) is 0.529. The van der Waals surface area contributed by atoms with Crippen LogP contribution in [0.5, 0.6) is 0 Å². The topological polar surface area (TPSA) is 46.6 Å². The molecule has 0 spiro atoms. The number of piperidine rings is 1. The third kappa shape index (κ3) is 4.18. The van der Waals surface area contributed by atoms with E-state index >= 15 is 0 Å². The Morgan fingerprint density at radius 2 is 2.00 bits per heavy atom. The zero-order valence-corrected chi connectivity index (χ0v) is 15.1. The van der Waals surface area contributed by atoms with Crippen LogP contribution in [0.3, 0.4) is 0 Å². The van der Waals surface area contributed by atoms with Gasteiger partial charge in [-0.1, -0.05) is 29.3 Å². The molecule has 0 saturated carbocycles. The van der Waals surface area contributed by atoms with Crippen LogP contribution in [0, 0.1) is 0 Å². The van der Waals surface area contributed by atoms with Gasteiger partial charge in [-0.2, -0.15) is 0 Å². The highest BCUT2D eigenvalue weighted by molar-refractivity contribution is 6.42. The first kappa shape index (κ1) is 18.1. The summed E-state index contributed by atoms with van der Waals surface area (Å²) in [5.41, 5.74) is -0.569. The van der Waals surface area contributed by atoms with E-state index in [1.54, 1.807) is 23.1 Å². The zero-order chi connectivity index (χ0) is 17.3. The van der Waals surface area contributed by atoms with Gasteiger partial charge in [0.2, 0.25) is 0 Å². The smallest absolute Gasteiger partial charge is 0.410 e. The van der Waals surface area contributed by atoms with Gasteiger partial charge in [0, 0.05) is 13.1 Å². The van der Waals surface area contributed by atoms with Gasteiger partial charge in [0.05, 0.1) is 15.5 Å². The molecule has 0 bridgehead atoms. The van der Waals surface area contributed by atoms with Crippen molar-refractivity contribution in [2.45, 2.75) is 44.6 Å². The van der Waals surface area contributed by atoms with Gasteiger partial charge in [0.1, 0.15) is 11.9 Å². The van der Waals surface area contributed by atoms with E-state index in [2.05, 4.69) is 0 Å². The number of nitrogens with zero attached hydrogens (tertiary/aromatic N) is 1. The van der Waals surface area contributed by atoms with Crippen LogP contribution in [-0.2, 0) is 14.9 Å². The lowest BCUT2D eigenvalue weighted by molar-refractivity contribution is -0.114. The summed E-state index contributed by atoms with van der Waals surface area (Å²) >= 11 is 12.0. The fourth-order valence-electron chi connectivity index (χ4n) is 2.77. The van der Waals surface area contributed by atoms with E-state index < -0.39 is 17.1 Å². The van der Waals surface area contributed by atoms with Crippen molar-refractivity contribution in [2.75, 3.05) is 13.1 Å². The van der Waals surface area contributed by atoms with Crippen molar-refractivity contribution in [3.8, 4) is 0 Å². The molecule has 23 heavy (non-hydrogen) atoms. The second-order valence-electron chi connectivity index (χ2n) is 6.91. The number of aldehydes is 1. The Morgan fingerprint density at radius 1 is 1.30 bits per heavy atom. The molecule has 0 aromatic heterocycles. The summed E-state index contributed by atoms with van der Waals surface area (Å²) in [5.74, 6) is 0. The Bertz CT molecular complexity index is 612. The molecule has 0 N–H and O–H groups in total. The number of hydrogen-bond donors (Lipinski definition) is 0. The summed E-state index contributed by atoms with van der Waals surface area (Å²) in [7, 11) is 0. The van der Waals surface area contributed by atoms with E-state index in [4.69, 9.17) is 27.9 Å². The number of hydrogen-bond acceptors (Lipinski definition) is 3. The highest BCUT2D eigenvalue weighted by Crippen LogP contribution is 2.36. The Labute approximate surface area is 146 Å². The van der Waals surface area contributed by atoms with Gasteiger partial charge in [-0.25, -0.2) is 4.79 Å². The lowest BCUT2D eigenvalue weighted by Gasteiger charge is -2.40. The third-order valence-corrected chi connectivity index (χ3v) is 4.63. The molecule has 4 nitrogen and oxygen atoms in total. The Hall–Kier alpha value is -1.26. The van der Waals surface area contributed by atoms with Crippen LogP contribution in [0.2, 0.25) is 10.0 Å². The first-order chi connectivity index (χ1) is 10.7. The monoisotopic (exact) mass is 357 g/mol. The maximum absolute atomic E-state index is 12.3.